The highest BCUT2D eigenvalue weighted by molar-refractivity contribution is 5.23. The van der Waals surface area contributed by atoms with E-state index < -0.39 is 11.6 Å². The molecule has 0 aliphatic heterocycles. The molecule has 1 nitrogen and oxygen atoms in total. The third-order valence-corrected chi connectivity index (χ3v) is 4.31. The third-order valence-electron chi connectivity index (χ3n) is 4.31. The summed E-state index contributed by atoms with van der Waals surface area (Å²) in [5, 5.41) is 0. The molecule has 0 N–H and O–H groups in total. The van der Waals surface area contributed by atoms with Crippen LogP contribution in [0.15, 0.2) is 18.2 Å². The largest absolute Gasteiger partial charge is 0.493 e. The van der Waals surface area contributed by atoms with Crippen LogP contribution >= 0.6 is 0 Å². The Morgan fingerprint density at radius 1 is 1.05 bits per heavy atom. The second-order valence-electron chi connectivity index (χ2n) is 5.92. The number of benzene rings is 1. The number of unbranched alkanes of at least 4 members (excludes halogenated alkanes) is 1. The number of ether oxygens (including phenoxy) is 1. The van der Waals surface area contributed by atoms with Gasteiger partial charge in [0.1, 0.15) is 5.75 Å². The fourth-order valence-corrected chi connectivity index (χ4v) is 2.96. The van der Waals surface area contributed by atoms with E-state index in [0.717, 1.165) is 18.1 Å². The average Bonchev–Trinajstić information content (AvgIpc) is 2.47. The van der Waals surface area contributed by atoms with E-state index in [-0.39, 0.29) is 0 Å². The molecule has 0 unspecified atom stereocenters. The Morgan fingerprint density at radius 3 is 2.40 bits per heavy atom. The maximum atomic E-state index is 13.1. The molecule has 1 aliphatic carbocycles. The summed E-state index contributed by atoms with van der Waals surface area (Å²) in [7, 11) is 0. The van der Waals surface area contributed by atoms with Crippen LogP contribution in [0.4, 0.5) is 8.78 Å². The van der Waals surface area contributed by atoms with Crippen molar-refractivity contribution in [2.45, 2.75) is 51.9 Å². The highest BCUT2D eigenvalue weighted by Crippen LogP contribution is 2.32. The summed E-state index contributed by atoms with van der Waals surface area (Å²) in [5.74, 6) is 0.201. The SMILES string of the molecule is CCCCC1CCC(COc2ccc(F)c(F)c2)CC1. The Balaban J connectivity index is 1.71. The third kappa shape index (κ3) is 4.46. The van der Waals surface area contributed by atoms with Gasteiger partial charge >= 0.3 is 0 Å². The van der Waals surface area contributed by atoms with Crippen LogP contribution < -0.4 is 4.74 Å². The minimum absolute atomic E-state index is 0.428. The highest BCUT2D eigenvalue weighted by Gasteiger charge is 2.21. The van der Waals surface area contributed by atoms with Crippen molar-refractivity contribution >= 4 is 0 Å². The van der Waals surface area contributed by atoms with E-state index in [1.807, 2.05) is 0 Å². The first-order chi connectivity index (χ1) is 9.69. The topological polar surface area (TPSA) is 9.23 Å². The molecule has 0 spiro atoms. The normalized spacial score (nSPS) is 22.8. The van der Waals surface area contributed by atoms with Crippen LogP contribution in [-0.4, -0.2) is 6.61 Å². The van der Waals surface area contributed by atoms with Crippen LogP contribution in [0.25, 0.3) is 0 Å². The summed E-state index contributed by atoms with van der Waals surface area (Å²) in [4.78, 5) is 0. The molecule has 1 saturated carbocycles. The van der Waals surface area contributed by atoms with Gasteiger partial charge in [0, 0.05) is 6.07 Å². The second kappa shape index (κ2) is 7.61. The van der Waals surface area contributed by atoms with Gasteiger partial charge in [-0.25, -0.2) is 8.78 Å². The Labute approximate surface area is 120 Å². The summed E-state index contributed by atoms with van der Waals surface area (Å²) < 4.78 is 31.5. The Kier molecular flexibility index (Phi) is 5.81. The zero-order valence-corrected chi connectivity index (χ0v) is 12.2. The van der Waals surface area contributed by atoms with Gasteiger partial charge in [0.05, 0.1) is 6.61 Å². The van der Waals surface area contributed by atoms with Crippen molar-refractivity contribution in [1.82, 2.24) is 0 Å². The first kappa shape index (κ1) is 15.3. The van der Waals surface area contributed by atoms with E-state index in [0.29, 0.717) is 18.3 Å². The molecule has 0 atom stereocenters. The molecular weight excluding hydrogens is 258 g/mol. The van der Waals surface area contributed by atoms with E-state index >= 15 is 0 Å². The molecule has 1 fully saturated rings. The predicted molar refractivity (Wildman–Crippen MR) is 76.8 cm³/mol. The number of halogens is 2. The van der Waals surface area contributed by atoms with Gasteiger partial charge in [-0.1, -0.05) is 39.0 Å². The average molecular weight is 282 g/mol. The lowest BCUT2D eigenvalue weighted by atomic mass is 9.80. The van der Waals surface area contributed by atoms with Gasteiger partial charge in [0.15, 0.2) is 11.6 Å². The Hall–Kier alpha value is -1.12. The van der Waals surface area contributed by atoms with Crippen molar-refractivity contribution in [3.05, 3.63) is 29.8 Å². The Bertz CT molecular complexity index is 411. The minimum Gasteiger partial charge on any atom is -0.493 e. The zero-order chi connectivity index (χ0) is 14.4. The molecule has 0 radical (unpaired) electrons. The Morgan fingerprint density at radius 2 is 1.75 bits per heavy atom. The quantitative estimate of drug-likeness (QED) is 0.684. The zero-order valence-electron chi connectivity index (χ0n) is 12.2. The highest BCUT2D eigenvalue weighted by atomic mass is 19.2. The molecule has 20 heavy (non-hydrogen) atoms. The van der Waals surface area contributed by atoms with Gasteiger partial charge in [-0.15, -0.1) is 0 Å². The van der Waals surface area contributed by atoms with Crippen molar-refractivity contribution in [3.8, 4) is 5.75 Å². The van der Waals surface area contributed by atoms with Crippen molar-refractivity contribution in [3.63, 3.8) is 0 Å². The summed E-state index contributed by atoms with van der Waals surface area (Å²) in [6, 6.07) is 3.74. The van der Waals surface area contributed by atoms with Crippen LogP contribution in [0.2, 0.25) is 0 Å². The molecule has 0 amide bonds. The van der Waals surface area contributed by atoms with Gasteiger partial charge in [-0.2, -0.15) is 0 Å². The lowest BCUT2D eigenvalue weighted by Gasteiger charge is -2.28. The molecule has 0 heterocycles. The lowest BCUT2D eigenvalue weighted by Crippen LogP contribution is -2.20. The van der Waals surface area contributed by atoms with Crippen LogP contribution in [0.5, 0.6) is 5.75 Å². The summed E-state index contributed by atoms with van der Waals surface area (Å²) in [5.41, 5.74) is 0. The van der Waals surface area contributed by atoms with Crippen molar-refractivity contribution in [2.24, 2.45) is 11.8 Å². The summed E-state index contributed by atoms with van der Waals surface area (Å²) >= 11 is 0. The molecular formula is C17H24F2O. The number of hydrogen-bond donors (Lipinski definition) is 0. The first-order valence-electron chi connectivity index (χ1n) is 7.77. The van der Waals surface area contributed by atoms with Gasteiger partial charge in [0.25, 0.3) is 0 Å². The van der Waals surface area contributed by atoms with Gasteiger partial charge in [-0.3, -0.25) is 0 Å². The van der Waals surface area contributed by atoms with Crippen LogP contribution in [0.1, 0.15) is 51.9 Å². The van der Waals surface area contributed by atoms with Crippen LogP contribution in [-0.2, 0) is 0 Å². The fourth-order valence-electron chi connectivity index (χ4n) is 2.96. The van der Waals surface area contributed by atoms with Crippen molar-refractivity contribution in [1.29, 1.82) is 0 Å². The molecule has 112 valence electrons. The smallest absolute Gasteiger partial charge is 0.162 e. The second-order valence-corrected chi connectivity index (χ2v) is 5.92. The van der Waals surface area contributed by atoms with E-state index in [1.54, 1.807) is 0 Å². The van der Waals surface area contributed by atoms with Gasteiger partial charge < -0.3 is 4.74 Å². The number of hydrogen-bond acceptors (Lipinski definition) is 1. The maximum Gasteiger partial charge on any atom is 0.162 e. The van der Waals surface area contributed by atoms with E-state index in [1.165, 1.54) is 51.0 Å². The summed E-state index contributed by atoms with van der Waals surface area (Å²) in [6.45, 7) is 2.85. The van der Waals surface area contributed by atoms with Crippen LogP contribution in [0.3, 0.4) is 0 Å². The lowest BCUT2D eigenvalue weighted by molar-refractivity contribution is 0.177. The van der Waals surface area contributed by atoms with E-state index in [4.69, 9.17) is 4.74 Å². The van der Waals surface area contributed by atoms with E-state index in [2.05, 4.69) is 6.92 Å². The number of rotatable bonds is 6. The molecule has 1 aromatic carbocycles. The van der Waals surface area contributed by atoms with Crippen molar-refractivity contribution in [2.75, 3.05) is 6.61 Å². The predicted octanol–water partition coefficient (Wildman–Crippen LogP) is 5.34. The van der Waals surface area contributed by atoms with E-state index in [9.17, 15) is 8.78 Å². The first-order valence-corrected chi connectivity index (χ1v) is 7.77. The molecule has 2 rings (SSSR count). The molecule has 3 heteroatoms. The minimum atomic E-state index is -0.842. The van der Waals surface area contributed by atoms with Crippen molar-refractivity contribution < 1.29 is 13.5 Å². The monoisotopic (exact) mass is 282 g/mol. The fraction of sp³-hybridized carbons (Fsp3) is 0.647. The summed E-state index contributed by atoms with van der Waals surface area (Å²) in [6.07, 6.45) is 8.92. The standard InChI is InChI=1S/C17H24F2O/c1-2-3-4-13-5-7-14(8-6-13)12-20-15-9-10-16(18)17(19)11-15/h9-11,13-14H,2-8,12H2,1H3. The van der Waals surface area contributed by atoms with Crippen LogP contribution in [0, 0.1) is 23.5 Å². The maximum absolute atomic E-state index is 13.1. The van der Waals surface area contributed by atoms with Gasteiger partial charge in [-0.05, 0) is 36.8 Å². The molecule has 0 saturated heterocycles. The van der Waals surface area contributed by atoms with Gasteiger partial charge in [0.2, 0.25) is 0 Å². The molecule has 1 aromatic rings. The molecule has 0 aromatic heterocycles. The molecule has 0 bridgehead atoms. The molecule has 1 aliphatic rings.